The molecule has 4 atom stereocenters. The molecule has 274 valence electrons. The smallest absolute Gasteiger partial charge is 0.347 e. The summed E-state index contributed by atoms with van der Waals surface area (Å²) in [5.74, 6) is -2.30. The van der Waals surface area contributed by atoms with Crippen LogP contribution in [0, 0.1) is 0 Å². The molecule has 1 saturated carbocycles. The van der Waals surface area contributed by atoms with Crippen molar-refractivity contribution in [3.05, 3.63) is 83.0 Å². The van der Waals surface area contributed by atoms with Crippen molar-refractivity contribution in [3.8, 4) is 23.0 Å². The molecule has 19 heteroatoms. The molecule has 1 aliphatic carbocycles. The number of carbonyl (C=O) groups is 2. The summed E-state index contributed by atoms with van der Waals surface area (Å²) in [6.45, 7) is -0.319. The minimum atomic E-state index is -2.14. The van der Waals surface area contributed by atoms with Crippen LogP contribution in [-0.2, 0) is 36.1 Å². The lowest BCUT2D eigenvalue weighted by Crippen LogP contribution is -2.59. The number of hydrogen-bond acceptors (Lipinski definition) is 10. The highest BCUT2D eigenvalue weighted by molar-refractivity contribution is 9.10. The number of aromatic nitrogens is 5. The number of methoxy groups -OCH3 is 3. The number of nitrogens with zero attached hydrogens (tertiary/aromatic N) is 6. The topological polar surface area (TPSA) is 169 Å². The number of ether oxygens (including phenoxy) is 3. The molecule has 2 fully saturated rings. The fourth-order valence-corrected chi connectivity index (χ4v) is 9.51. The van der Waals surface area contributed by atoms with Gasteiger partial charge in [0.15, 0.2) is 32.7 Å². The number of carbonyl (C=O) groups excluding carboxylic acids is 2. The first kappa shape index (κ1) is 36.3. The quantitative estimate of drug-likeness (QED) is 0.120. The second-order valence-electron chi connectivity index (χ2n) is 12.6. The number of halogens is 4. The van der Waals surface area contributed by atoms with E-state index in [2.05, 4.69) is 36.8 Å². The Morgan fingerprint density at radius 3 is 2.29 bits per heavy atom. The molecule has 2 aromatic heterocycles. The number of hydrogen-bond donors (Lipinski definition) is 1. The van der Waals surface area contributed by atoms with Crippen molar-refractivity contribution in [2.45, 2.75) is 47.6 Å². The largest absolute Gasteiger partial charge is 0.504 e. The molecule has 2 aromatic carbocycles. The molecule has 2 aliphatic heterocycles. The third kappa shape index (κ3) is 4.88. The molecule has 0 radical (unpaired) electrons. The van der Waals surface area contributed by atoms with E-state index in [1.54, 1.807) is 31.3 Å². The molecule has 4 heterocycles. The third-order valence-corrected chi connectivity index (χ3v) is 12.6. The molecule has 1 saturated heterocycles. The van der Waals surface area contributed by atoms with Gasteiger partial charge in [0.1, 0.15) is 5.69 Å². The van der Waals surface area contributed by atoms with Crippen LogP contribution in [-0.4, -0.2) is 81.8 Å². The first-order chi connectivity index (χ1) is 24.7. The van der Waals surface area contributed by atoms with Crippen LogP contribution in [0.1, 0.15) is 29.6 Å². The second kappa shape index (κ2) is 12.8. The van der Waals surface area contributed by atoms with Crippen LogP contribution in [0.15, 0.2) is 54.8 Å². The molecule has 0 bridgehead atoms. The summed E-state index contributed by atoms with van der Waals surface area (Å²) in [4.78, 5) is 70.6. The van der Waals surface area contributed by atoms with E-state index in [1.807, 2.05) is 0 Å². The van der Waals surface area contributed by atoms with E-state index < -0.39 is 50.5 Å². The van der Waals surface area contributed by atoms with Crippen LogP contribution in [0.25, 0.3) is 11.0 Å². The number of likely N-dealkylation sites (tertiary alicyclic amines) is 1. The predicted molar refractivity (Wildman–Crippen MR) is 196 cm³/mol. The number of phenolic OH excluding ortho intramolecular Hbond substituents is 1. The van der Waals surface area contributed by atoms with Gasteiger partial charge in [-0.1, -0.05) is 37.9 Å². The Morgan fingerprint density at radius 1 is 0.962 bits per heavy atom. The molecule has 4 aromatic rings. The molecule has 0 spiro atoms. The van der Waals surface area contributed by atoms with Gasteiger partial charge in [0.05, 0.1) is 50.4 Å². The van der Waals surface area contributed by atoms with Gasteiger partial charge in [0.2, 0.25) is 0 Å². The highest BCUT2D eigenvalue weighted by Gasteiger charge is 2.75. The van der Waals surface area contributed by atoms with Crippen molar-refractivity contribution in [3.63, 3.8) is 0 Å². The number of aryl methyl sites for hydroxylation is 2. The molecule has 52 heavy (non-hydrogen) atoms. The molecule has 7 rings (SSSR count). The summed E-state index contributed by atoms with van der Waals surface area (Å²) in [7, 11) is 5.89. The lowest BCUT2D eigenvalue weighted by atomic mass is 9.64. The maximum atomic E-state index is 14.3. The Bertz CT molecular complexity index is 2440. The van der Waals surface area contributed by atoms with Crippen LogP contribution < -0.4 is 31.1 Å². The zero-order chi connectivity index (χ0) is 37.6. The van der Waals surface area contributed by atoms with Gasteiger partial charge in [-0.3, -0.25) is 19.3 Å². The Balaban J connectivity index is 1.34. The predicted octanol–water partition coefficient (Wildman–Crippen LogP) is 3.14. The lowest BCUT2D eigenvalue weighted by Gasteiger charge is -2.49. The van der Waals surface area contributed by atoms with Crippen molar-refractivity contribution in [1.29, 1.82) is 0 Å². The number of alkyl halides is 3. The third-order valence-electron chi connectivity index (χ3n) is 10.2. The molecule has 15 nitrogen and oxygen atoms in total. The van der Waals surface area contributed by atoms with Gasteiger partial charge >= 0.3 is 11.4 Å². The maximum Gasteiger partial charge on any atom is 0.347 e. The summed E-state index contributed by atoms with van der Waals surface area (Å²) in [6, 6.07) is 5.28. The van der Waals surface area contributed by atoms with Gasteiger partial charge in [-0.15, -0.1) is 23.2 Å². The maximum absolute atomic E-state index is 14.3. The minimum absolute atomic E-state index is 0.0590. The highest BCUT2D eigenvalue weighted by atomic mass is 79.9. The van der Waals surface area contributed by atoms with E-state index in [0.717, 1.165) is 9.47 Å². The molecule has 4 unspecified atom stereocenters. The number of allylic oxidation sites excluding steroid dienone is 2. The monoisotopic (exact) mass is 882 g/mol. The standard InChI is InChI=1S/C33H30Br2Cl2N6O9/c1-39-20-12-23(51-3)22(50-2)11-19(20)38-18(27(39)45)6-7-40-30(48)42-8-5-16-21(43(42)31(40)49)13-32(36)28(46)41(14-34)29(47)33(32,37)25(16)17-9-15(35)10-24(52-4)26(17)44/h5,9-12,21,25,44H,6-8,13-14H2,1-4H3. The molecule has 2 amide bonds. The summed E-state index contributed by atoms with van der Waals surface area (Å²) in [5, 5.41) is 11.4. The zero-order valence-corrected chi connectivity index (χ0v) is 32.7. The van der Waals surface area contributed by atoms with E-state index in [1.165, 1.54) is 41.3 Å². The molecular weight excluding hydrogens is 855 g/mol. The van der Waals surface area contributed by atoms with Gasteiger partial charge in [0.25, 0.3) is 17.4 Å². The lowest BCUT2D eigenvalue weighted by molar-refractivity contribution is -0.138. The van der Waals surface area contributed by atoms with Gasteiger partial charge < -0.3 is 23.9 Å². The van der Waals surface area contributed by atoms with Gasteiger partial charge in [-0.2, -0.15) is 0 Å². The summed E-state index contributed by atoms with van der Waals surface area (Å²) >= 11 is 21.1. The Kier molecular flexibility index (Phi) is 8.94. The van der Waals surface area contributed by atoms with Crippen LogP contribution in [0.3, 0.4) is 0 Å². The van der Waals surface area contributed by atoms with Crippen LogP contribution in [0.4, 0.5) is 0 Å². The van der Waals surface area contributed by atoms with Crippen molar-refractivity contribution in [2.75, 3.05) is 26.8 Å². The normalized spacial score (nSPS) is 23.7. The van der Waals surface area contributed by atoms with Crippen LogP contribution >= 0.6 is 55.1 Å². The van der Waals surface area contributed by atoms with E-state index in [-0.39, 0.29) is 54.1 Å². The van der Waals surface area contributed by atoms with Crippen molar-refractivity contribution in [1.82, 2.24) is 28.4 Å². The van der Waals surface area contributed by atoms with Crippen molar-refractivity contribution in [2.24, 2.45) is 7.05 Å². The van der Waals surface area contributed by atoms with E-state index in [9.17, 15) is 29.1 Å². The summed E-state index contributed by atoms with van der Waals surface area (Å²) in [5.41, 5.74) is -0.490. The fourth-order valence-electron chi connectivity index (χ4n) is 7.66. The van der Waals surface area contributed by atoms with Crippen molar-refractivity contribution >= 4 is 77.9 Å². The van der Waals surface area contributed by atoms with E-state index >= 15 is 0 Å². The van der Waals surface area contributed by atoms with Crippen molar-refractivity contribution < 1.29 is 28.9 Å². The van der Waals surface area contributed by atoms with Gasteiger partial charge in [-0.25, -0.2) is 28.5 Å². The first-order valence-corrected chi connectivity index (χ1v) is 18.5. The number of amides is 2. The van der Waals surface area contributed by atoms with E-state index in [0.29, 0.717) is 32.6 Å². The summed E-state index contributed by atoms with van der Waals surface area (Å²) in [6.07, 6.45) is 1.25. The van der Waals surface area contributed by atoms with Crippen LogP contribution in [0.5, 0.6) is 23.0 Å². The van der Waals surface area contributed by atoms with Gasteiger partial charge in [0, 0.05) is 54.5 Å². The Labute approximate surface area is 321 Å². The first-order valence-electron chi connectivity index (χ1n) is 15.8. The number of fused-ring (bicyclic) bond motifs is 5. The number of rotatable bonds is 8. The number of benzene rings is 2. The minimum Gasteiger partial charge on any atom is -0.504 e. The second-order valence-corrected chi connectivity index (χ2v) is 15.2. The zero-order valence-electron chi connectivity index (χ0n) is 28.0. The fraction of sp³-hybridized carbons (Fsp3) is 0.394. The molecular formula is C33H30Br2Cl2N6O9. The molecule has 3 aliphatic rings. The number of aromatic hydroxyl groups is 1. The van der Waals surface area contributed by atoms with Crippen LogP contribution in [0.2, 0.25) is 0 Å². The Morgan fingerprint density at radius 2 is 1.63 bits per heavy atom. The van der Waals surface area contributed by atoms with E-state index in [4.69, 9.17) is 37.4 Å². The number of imide groups is 1. The Hall–Kier alpha value is -4.06. The summed E-state index contributed by atoms with van der Waals surface area (Å²) < 4.78 is 21.4. The highest BCUT2D eigenvalue weighted by Crippen LogP contribution is 2.64. The number of phenols is 1. The van der Waals surface area contributed by atoms with Gasteiger partial charge in [-0.05, 0) is 17.7 Å². The average Bonchev–Trinajstić information content (AvgIpc) is 3.46. The average molecular weight is 885 g/mol. The molecule has 1 N–H and O–H groups in total. The SMILES string of the molecule is COc1cc2nc(CCn3c(=O)n4n(c3=O)C3CC5(Cl)C(=O)N(CBr)C(=O)C5(Cl)C(c5cc(Br)cc(OC)c5O)C3=CC4)c(=O)n(C)c2cc1OC.